The van der Waals surface area contributed by atoms with Crippen molar-refractivity contribution < 1.29 is 5.11 Å². The van der Waals surface area contributed by atoms with Gasteiger partial charge in [-0.15, -0.1) is 0 Å². The molecule has 3 heteroatoms. The van der Waals surface area contributed by atoms with Crippen LogP contribution in [0.3, 0.4) is 0 Å². The largest absolute Gasteiger partial charge is 0.389 e. The number of aliphatic hydroxyl groups is 1. The topological polar surface area (TPSA) is 39.3 Å². The maximum absolute atomic E-state index is 9.73. The van der Waals surface area contributed by atoms with Gasteiger partial charge in [0.25, 0.3) is 0 Å². The Bertz CT molecular complexity index is 625. The van der Waals surface area contributed by atoms with Crippen molar-refractivity contribution in [3.8, 4) is 0 Å². The second-order valence-corrected chi connectivity index (χ2v) is 5.42. The minimum absolute atomic E-state index is 0.418. The summed E-state index contributed by atoms with van der Waals surface area (Å²) in [5.74, 6) is 0. The number of hydrogen-bond acceptors (Lipinski definition) is 2. The highest BCUT2D eigenvalue weighted by Crippen LogP contribution is 2.30. The smallest absolute Gasteiger partial charge is 0.0762 e. The minimum Gasteiger partial charge on any atom is -0.389 e. The van der Waals surface area contributed by atoms with Crippen LogP contribution in [0.2, 0.25) is 0 Å². The summed E-state index contributed by atoms with van der Waals surface area (Å²) in [6.45, 7) is 3.93. The molecule has 0 amide bonds. The number of fused-ring (bicyclic) bond motifs is 1. The van der Waals surface area contributed by atoms with Crippen LogP contribution in [0.5, 0.6) is 0 Å². The molecule has 0 fully saturated rings. The molecule has 1 aliphatic heterocycles. The standard InChI is InChI=1S/C16H20N2O/c1-11(19)13-3-4-16-14(9-13)15(10-17-16)12-5-7-18(2)8-6-12/h3-5,9-11,17,19H,6-8H2,1-2H3/t11-/m0/s1. The Kier molecular flexibility index (Phi) is 3.17. The van der Waals surface area contributed by atoms with Crippen LogP contribution in [-0.4, -0.2) is 35.1 Å². The van der Waals surface area contributed by atoms with Gasteiger partial charge in [0.1, 0.15) is 0 Å². The van der Waals surface area contributed by atoms with Crippen molar-refractivity contribution in [3.63, 3.8) is 0 Å². The molecule has 1 aromatic carbocycles. The average Bonchev–Trinajstić information content (AvgIpc) is 2.82. The fourth-order valence-electron chi connectivity index (χ4n) is 2.68. The van der Waals surface area contributed by atoms with Crippen LogP contribution in [-0.2, 0) is 0 Å². The third-order valence-corrected chi connectivity index (χ3v) is 3.95. The first-order valence-corrected chi connectivity index (χ1v) is 6.82. The molecule has 19 heavy (non-hydrogen) atoms. The zero-order chi connectivity index (χ0) is 13.4. The number of benzene rings is 1. The Hall–Kier alpha value is -1.58. The van der Waals surface area contributed by atoms with Crippen LogP contribution in [0.4, 0.5) is 0 Å². The van der Waals surface area contributed by atoms with Gasteiger partial charge in [0.15, 0.2) is 0 Å². The van der Waals surface area contributed by atoms with E-state index in [1.807, 2.05) is 13.0 Å². The van der Waals surface area contributed by atoms with Crippen LogP contribution < -0.4 is 0 Å². The van der Waals surface area contributed by atoms with E-state index in [1.54, 1.807) is 0 Å². The number of H-pyrrole nitrogens is 1. The van der Waals surface area contributed by atoms with Crippen LogP contribution in [0, 0.1) is 0 Å². The first-order valence-electron chi connectivity index (χ1n) is 6.82. The van der Waals surface area contributed by atoms with Crippen molar-refractivity contribution in [2.24, 2.45) is 0 Å². The van der Waals surface area contributed by atoms with E-state index in [0.717, 1.165) is 30.6 Å². The second kappa shape index (κ2) is 4.83. The molecule has 1 aromatic heterocycles. The van der Waals surface area contributed by atoms with E-state index in [1.165, 1.54) is 16.5 Å². The molecular weight excluding hydrogens is 236 g/mol. The summed E-state index contributed by atoms with van der Waals surface area (Å²) in [5.41, 5.74) is 4.80. The number of aromatic nitrogens is 1. The van der Waals surface area contributed by atoms with Crippen LogP contribution in [0.25, 0.3) is 16.5 Å². The molecule has 0 unspecified atom stereocenters. The minimum atomic E-state index is -0.418. The number of aromatic amines is 1. The lowest BCUT2D eigenvalue weighted by Gasteiger charge is -2.21. The van der Waals surface area contributed by atoms with Crippen molar-refractivity contribution in [1.29, 1.82) is 0 Å². The van der Waals surface area contributed by atoms with Gasteiger partial charge in [-0.3, -0.25) is 0 Å². The molecule has 100 valence electrons. The summed E-state index contributed by atoms with van der Waals surface area (Å²) < 4.78 is 0. The molecule has 0 saturated carbocycles. The van der Waals surface area contributed by atoms with Crippen LogP contribution in [0.15, 0.2) is 30.5 Å². The van der Waals surface area contributed by atoms with Crippen molar-refractivity contribution in [3.05, 3.63) is 41.6 Å². The molecule has 0 spiro atoms. The van der Waals surface area contributed by atoms with Gasteiger partial charge in [0, 0.05) is 35.8 Å². The van der Waals surface area contributed by atoms with Crippen LogP contribution >= 0.6 is 0 Å². The molecule has 1 aliphatic rings. The van der Waals surface area contributed by atoms with Gasteiger partial charge < -0.3 is 15.0 Å². The Morgan fingerprint density at radius 1 is 1.37 bits per heavy atom. The molecule has 3 nitrogen and oxygen atoms in total. The van der Waals surface area contributed by atoms with Crippen molar-refractivity contribution in [2.45, 2.75) is 19.4 Å². The molecule has 1 atom stereocenters. The molecule has 0 bridgehead atoms. The molecule has 0 saturated heterocycles. The SMILES string of the molecule is C[C@H](O)c1ccc2[nH]cc(C3=CCN(C)CC3)c2c1. The quantitative estimate of drug-likeness (QED) is 0.867. The Morgan fingerprint density at radius 2 is 2.21 bits per heavy atom. The zero-order valence-corrected chi connectivity index (χ0v) is 11.5. The number of nitrogens with one attached hydrogen (secondary N) is 1. The molecule has 0 aliphatic carbocycles. The summed E-state index contributed by atoms with van der Waals surface area (Å²) >= 11 is 0. The van der Waals surface area contributed by atoms with Gasteiger partial charge in [-0.05, 0) is 43.7 Å². The highest BCUT2D eigenvalue weighted by Gasteiger charge is 2.14. The summed E-state index contributed by atoms with van der Waals surface area (Å²) in [7, 11) is 2.15. The van der Waals surface area contributed by atoms with Gasteiger partial charge in [0.2, 0.25) is 0 Å². The van der Waals surface area contributed by atoms with Crippen molar-refractivity contribution in [2.75, 3.05) is 20.1 Å². The van der Waals surface area contributed by atoms with E-state index >= 15 is 0 Å². The Morgan fingerprint density at radius 3 is 2.89 bits per heavy atom. The summed E-state index contributed by atoms with van der Waals surface area (Å²) in [6, 6.07) is 6.14. The Balaban J connectivity index is 2.06. The predicted octanol–water partition coefficient (Wildman–Crippen LogP) is 2.94. The van der Waals surface area contributed by atoms with Crippen LogP contribution in [0.1, 0.15) is 30.6 Å². The van der Waals surface area contributed by atoms with E-state index in [9.17, 15) is 5.11 Å². The van der Waals surface area contributed by atoms with Crippen molar-refractivity contribution >= 4 is 16.5 Å². The van der Waals surface area contributed by atoms with Gasteiger partial charge >= 0.3 is 0 Å². The van der Waals surface area contributed by atoms with E-state index in [2.05, 4.69) is 41.3 Å². The number of aliphatic hydroxyl groups excluding tert-OH is 1. The maximum atomic E-state index is 9.73. The zero-order valence-electron chi connectivity index (χ0n) is 11.5. The first-order chi connectivity index (χ1) is 9.15. The highest BCUT2D eigenvalue weighted by molar-refractivity contribution is 5.93. The number of rotatable bonds is 2. The lowest BCUT2D eigenvalue weighted by molar-refractivity contribution is 0.199. The molecular formula is C16H20N2O. The molecule has 2 aromatic rings. The fourth-order valence-corrected chi connectivity index (χ4v) is 2.68. The van der Waals surface area contributed by atoms with E-state index < -0.39 is 6.10 Å². The van der Waals surface area contributed by atoms with E-state index in [4.69, 9.17) is 0 Å². The number of nitrogens with zero attached hydrogens (tertiary/aromatic N) is 1. The second-order valence-electron chi connectivity index (χ2n) is 5.42. The molecule has 0 radical (unpaired) electrons. The maximum Gasteiger partial charge on any atom is 0.0762 e. The summed E-state index contributed by atoms with van der Waals surface area (Å²) in [6.07, 6.45) is 5.07. The monoisotopic (exact) mass is 256 g/mol. The van der Waals surface area contributed by atoms with Gasteiger partial charge in [-0.25, -0.2) is 0 Å². The molecule has 2 heterocycles. The van der Waals surface area contributed by atoms with Crippen molar-refractivity contribution in [1.82, 2.24) is 9.88 Å². The highest BCUT2D eigenvalue weighted by atomic mass is 16.3. The lowest BCUT2D eigenvalue weighted by atomic mass is 9.97. The fraction of sp³-hybridized carbons (Fsp3) is 0.375. The van der Waals surface area contributed by atoms with E-state index in [0.29, 0.717) is 0 Å². The van der Waals surface area contributed by atoms with Gasteiger partial charge in [-0.1, -0.05) is 12.1 Å². The average molecular weight is 256 g/mol. The summed E-state index contributed by atoms with van der Waals surface area (Å²) in [5, 5.41) is 10.9. The third-order valence-electron chi connectivity index (χ3n) is 3.95. The molecule has 3 rings (SSSR count). The lowest BCUT2D eigenvalue weighted by Crippen LogP contribution is -2.23. The Labute approximate surface area is 113 Å². The summed E-state index contributed by atoms with van der Waals surface area (Å²) in [4.78, 5) is 5.65. The molecule has 2 N–H and O–H groups in total. The predicted molar refractivity (Wildman–Crippen MR) is 79.0 cm³/mol. The third kappa shape index (κ3) is 2.31. The normalized spacial score (nSPS) is 18.6. The van der Waals surface area contributed by atoms with Gasteiger partial charge in [-0.2, -0.15) is 0 Å². The number of hydrogen-bond donors (Lipinski definition) is 2. The van der Waals surface area contributed by atoms with Gasteiger partial charge in [0.05, 0.1) is 6.10 Å². The first kappa shape index (κ1) is 12.5. The number of likely N-dealkylation sites (N-methyl/N-ethyl adjacent to an activating group) is 1. The van der Waals surface area contributed by atoms with E-state index in [-0.39, 0.29) is 0 Å².